The summed E-state index contributed by atoms with van der Waals surface area (Å²) < 4.78 is 10.8. The smallest absolute Gasteiger partial charge is 0.311 e. The van der Waals surface area contributed by atoms with Gasteiger partial charge in [0.2, 0.25) is 11.8 Å². The second kappa shape index (κ2) is 13.1. The molecule has 5 unspecified atom stereocenters. The van der Waals surface area contributed by atoms with Crippen LogP contribution in [0.3, 0.4) is 0 Å². The highest BCUT2D eigenvalue weighted by atomic mass is 16.5. The van der Waals surface area contributed by atoms with E-state index in [2.05, 4.69) is 20.8 Å². The van der Waals surface area contributed by atoms with Gasteiger partial charge in [-0.2, -0.15) is 0 Å². The SMILES string of the molecule is COC(=O)C(C)(CC(C)(C)C)C(C)C(C)(C)CC(C)(CC1C(=O)N(c2ccccc2)C(=O)C1C(C)(C)C)C(=O)OCCO. The number of ether oxygens (including phenoxy) is 2. The zero-order valence-electron chi connectivity index (χ0n) is 28.5. The van der Waals surface area contributed by atoms with E-state index in [0.717, 1.165) is 0 Å². The molecule has 2 amide bonds. The van der Waals surface area contributed by atoms with Crippen LogP contribution in [0.1, 0.15) is 95.4 Å². The standard InChI is InChI=1S/C35H55NO7/c1-23(35(11,30(41)42-12)21-31(2,3)4)33(8,9)22-34(10,29(40)43-19-18-37)20-25-26(32(5,6)7)28(39)36(27(25)38)24-16-14-13-15-17-24/h13-17,23,25-26,37H,18-22H2,1-12H3. The van der Waals surface area contributed by atoms with Gasteiger partial charge in [-0.15, -0.1) is 0 Å². The fraction of sp³-hybridized carbons (Fsp3) is 0.714. The van der Waals surface area contributed by atoms with Gasteiger partial charge in [0, 0.05) is 0 Å². The summed E-state index contributed by atoms with van der Waals surface area (Å²) in [5.74, 6) is -3.14. The summed E-state index contributed by atoms with van der Waals surface area (Å²) >= 11 is 0. The van der Waals surface area contributed by atoms with Gasteiger partial charge in [-0.3, -0.25) is 24.1 Å². The van der Waals surface area contributed by atoms with E-state index in [4.69, 9.17) is 9.47 Å². The normalized spacial score (nSPS) is 21.7. The first-order valence-corrected chi connectivity index (χ1v) is 15.3. The Bertz CT molecular complexity index is 1160. The van der Waals surface area contributed by atoms with Gasteiger partial charge in [0.15, 0.2) is 0 Å². The van der Waals surface area contributed by atoms with E-state index in [-0.39, 0.29) is 55.2 Å². The lowest BCUT2D eigenvalue weighted by molar-refractivity contribution is -0.166. The minimum Gasteiger partial charge on any atom is -0.469 e. The molecule has 8 heteroatoms. The molecule has 1 fully saturated rings. The molecule has 1 aliphatic rings. The van der Waals surface area contributed by atoms with Crippen LogP contribution < -0.4 is 4.90 Å². The topological polar surface area (TPSA) is 110 Å². The molecule has 43 heavy (non-hydrogen) atoms. The number of methoxy groups -OCH3 is 1. The fourth-order valence-electron chi connectivity index (χ4n) is 7.52. The summed E-state index contributed by atoms with van der Waals surface area (Å²) in [5, 5.41) is 9.44. The molecule has 1 aromatic rings. The largest absolute Gasteiger partial charge is 0.469 e. The van der Waals surface area contributed by atoms with Crippen LogP contribution in [-0.4, -0.2) is 49.2 Å². The molecule has 0 aromatic heterocycles. The van der Waals surface area contributed by atoms with E-state index in [9.17, 15) is 24.3 Å². The Hall–Kier alpha value is -2.74. The van der Waals surface area contributed by atoms with Gasteiger partial charge in [0.1, 0.15) is 6.61 Å². The lowest BCUT2D eigenvalue weighted by Gasteiger charge is -2.48. The Balaban J connectivity index is 2.62. The lowest BCUT2D eigenvalue weighted by Crippen LogP contribution is -2.48. The van der Waals surface area contributed by atoms with Gasteiger partial charge in [0.25, 0.3) is 0 Å². The van der Waals surface area contributed by atoms with Gasteiger partial charge in [-0.25, -0.2) is 0 Å². The summed E-state index contributed by atoms with van der Waals surface area (Å²) in [6, 6.07) is 8.87. The first-order chi connectivity index (χ1) is 19.6. The van der Waals surface area contributed by atoms with Crippen LogP contribution in [0.5, 0.6) is 0 Å². The number of amides is 2. The van der Waals surface area contributed by atoms with Crippen LogP contribution in [-0.2, 0) is 28.7 Å². The van der Waals surface area contributed by atoms with E-state index in [1.54, 1.807) is 31.2 Å². The number of aliphatic hydroxyl groups excluding tert-OH is 1. The number of esters is 2. The molecule has 0 radical (unpaired) electrons. The fourth-order valence-corrected chi connectivity index (χ4v) is 7.52. The molecule has 1 saturated heterocycles. The van der Waals surface area contributed by atoms with Crippen LogP contribution >= 0.6 is 0 Å². The Morgan fingerprint density at radius 3 is 1.91 bits per heavy atom. The summed E-state index contributed by atoms with van der Waals surface area (Å²) in [7, 11) is 1.40. The van der Waals surface area contributed by atoms with Crippen molar-refractivity contribution < 1.29 is 33.8 Å². The molecule has 242 valence electrons. The number of nitrogens with zero attached hydrogens (tertiary/aromatic N) is 1. The summed E-state index contributed by atoms with van der Waals surface area (Å²) in [4.78, 5) is 56.3. The van der Waals surface area contributed by atoms with Gasteiger partial charge < -0.3 is 14.6 Å². The van der Waals surface area contributed by atoms with Crippen molar-refractivity contribution in [3.63, 3.8) is 0 Å². The highest BCUT2D eigenvalue weighted by molar-refractivity contribution is 6.22. The van der Waals surface area contributed by atoms with Crippen molar-refractivity contribution in [3.8, 4) is 0 Å². The zero-order chi connectivity index (χ0) is 33.2. The maximum absolute atomic E-state index is 14.1. The Morgan fingerprint density at radius 2 is 1.44 bits per heavy atom. The van der Waals surface area contributed by atoms with Crippen molar-refractivity contribution in [2.24, 2.45) is 44.8 Å². The molecule has 0 aliphatic carbocycles. The molecular weight excluding hydrogens is 546 g/mol. The third-order valence-electron chi connectivity index (χ3n) is 9.38. The van der Waals surface area contributed by atoms with E-state index in [0.29, 0.717) is 12.1 Å². The average Bonchev–Trinajstić information content (AvgIpc) is 3.13. The molecule has 1 heterocycles. The number of para-hydroxylation sites is 1. The maximum Gasteiger partial charge on any atom is 0.311 e. The van der Waals surface area contributed by atoms with Crippen molar-refractivity contribution in [2.45, 2.75) is 95.4 Å². The molecular formula is C35H55NO7. The van der Waals surface area contributed by atoms with Gasteiger partial charge in [-0.1, -0.05) is 80.5 Å². The first kappa shape index (κ1) is 36.5. The lowest BCUT2D eigenvalue weighted by atomic mass is 9.55. The number of benzene rings is 1. The van der Waals surface area contributed by atoms with Crippen LogP contribution in [0.25, 0.3) is 0 Å². The van der Waals surface area contributed by atoms with Crippen molar-refractivity contribution in [1.82, 2.24) is 0 Å². The van der Waals surface area contributed by atoms with Crippen LogP contribution in [0, 0.1) is 44.8 Å². The number of aliphatic hydroxyl groups is 1. The highest BCUT2D eigenvalue weighted by Gasteiger charge is 2.57. The Kier molecular flexibility index (Phi) is 11.1. The van der Waals surface area contributed by atoms with Crippen molar-refractivity contribution in [1.29, 1.82) is 0 Å². The Morgan fingerprint density at radius 1 is 0.884 bits per heavy atom. The number of hydrogen-bond donors (Lipinski definition) is 1. The Labute approximate surface area is 258 Å². The second-order valence-corrected chi connectivity index (χ2v) is 16.0. The molecule has 1 N–H and O–H groups in total. The monoisotopic (exact) mass is 601 g/mol. The first-order valence-electron chi connectivity index (χ1n) is 15.3. The molecule has 8 nitrogen and oxygen atoms in total. The molecule has 1 aromatic carbocycles. The van der Waals surface area contributed by atoms with Crippen LogP contribution in [0.2, 0.25) is 0 Å². The molecule has 1 aliphatic heterocycles. The minimum atomic E-state index is -1.21. The molecule has 0 bridgehead atoms. The third kappa shape index (κ3) is 8.05. The van der Waals surface area contributed by atoms with Crippen LogP contribution in [0.15, 0.2) is 30.3 Å². The highest BCUT2D eigenvalue weighted by Crippen LogP contribution is 2.54. The average molecular weight is 602 g/mol. The third-order valence-corrected chi connectivity index (χ3v) is 9.38. The summed E-state index contributed by atoms with van der Waals surface area (Å²) in [6.07, 6.45) is 0.927. The molecule has 5 atom stereocenters. The van der Waals surface area contributed by atoms with Gasteiger partial charge in [-0.05, 0) is 67.4 Å². The predicted octanol–water partition coefficient (Wildman–Crippen LogP) is 6.44. The number of carbonyl (C=O) groups excluding carboxylic acids is 4. The van der Waals surface area contributed by atoms with E-state index in [1.165, 1.54) is 12.0 Å². The van der Waals surface area contributed by atoms with Crippen LogP contribution in [0.4, 0.5) is 5.69 Å². The number of carbonyl (C=O) groups is 4. The predicted molar refractivity (Wildman–Crippen MR) is 168 cm³/mol. The summed E-state index contributed by atoms with van der Waals surface area (Å²) in [6.45, 7) is 21.3. The summed E-state index contributed by atoms with van der Waals surface area (Å²) in [5.41, 5.74) is -2.90. The van der Waals surface area contributed by atoms with E-state index >= 15 is 0 Å². The van der Waals surface area contributed by atoms with Crippen molar-refractivity contribution in [3.05, 3.63) is 30.3 Å². The van der Waals surface area contributed by atoms with Crippen molar-refractivity contribution in [2.75, 3.05) is 25.2 Å². The molecule has 2 rings (SSSR count). The maximum atomic E-state index is 14.1. The van der Waals surface area contributed by atoms with Gasteiger partial charge >= 0.3 is 11.9 Å². The number of anilines is 1. The second-order valence-electron chi connectivity index (χ2n) is 16.0. The minimum absolute atomic E-state index is 0.0808. The molecule has 0 spiro atoms. The van der Waals surface area contributed by atoms with Gasteiger partial charge in [0.05, 0.1) is 42.1 Å². The number of rotatable bonds is 12. The zero-order valence-corrected chi connectivity index (χ0v) is 28.5. The van der Waals surface area contributed by atoms with E-state index in [1.807, 2.05) is 54.5 Å². The number of imide groups is 1. The van der Waals surface area contributed by atoms with E-state index < -0.39 is 39.5 Å². The quantitative estimate of drug-likeness (QED) is 0.217. The molecule has 0 saturated carbocycles. The van der Waals surface area contributed by atoms with Crippen molar-refractivity contribution >= 4 is 29.4 Å². The number of hydrogen-bond acceptors (Lipinski definition) is 7.